The van der Waals surface area contributed by atoms with Gasteiger partial charge in [-0.25, -0.2) is 4.39 Å². The first kappa shape index (κ1) is 15.0. The zero-order valence-electron chi connectivity index (χ0n) is 11.6. The minimum absolute atomic E-state index is 0.213. The van der Waals surface area contributed by atoms with Crippen LogP contribution in [0.3, 0.4) is 0 Å². The summed E-state index contributed by atoms with van der Waals surface area (Å²) in [4.78, 5) is 0. The molecule has 3 nitrogen and oxygen atoms in total. The molecule has 0 bridgehead atoms. The van der Waals surface area contributed by atoms with Crippen molar-refractivity contribution in [1.29, 1.82) is 0 Å². The Labute approximate surface area is 108 Å². The van der Waals surface area contributed by atoms with E-state index in [1.54, 1.807) is 33.8 Å². The summed E-state index contributed by atoms with van der Waals surface area (Å²) in [6.07, 6.45) is 0. The van der Waals surface area contributed by atoms with E-state index in [1.807, 2.05) is 0 Å². The van der Waals surface area contributed by atoms with Gasteiger partial charge >= 0.3 is 7.48 Å². The fourth-order valence-electron chi connectivity index (χ4n) is 1.26. The molecule has 0 atom stereocenters. The lowest BCUT2D eigenvalue weighted by Gasteiger charge is -2.37. The van der Waals surface area contributed by atoms with Gasteiger partial charge in [-0.15, -0.1) is 0 Å². The van der Waals surface area contributed by atoms with Crippen molar-refractivity contribution in [1.82, 2.24) is 0 Å². The second kappa shape index (κ2) is 5.28. The minimum atomic E-state index is -0.982. The average Bonchev–Trinajstić information content (AvgIpc) is 2.24. The molecule has 1 rings (SSSR count). The molecule has 0 aliphatic heterocycles. The number of hydrogen-bond donors (Lipinski definition) is 1. The number of rotatable bonds is 5. The quantitative estimate of drug-likeness (QED) is 0.807. The van der Waals surface area contributed by atoms with Crippen LogP contribution in [0.5, 0.6) is 5.75 Å². The Morgan fingerprint density at radius 3 is 2.28 bits per heavy atom. The molecule has 0 unspecified atom stereocenters. The van der Waals surface area contributed by atoms with Crippen LogP contribution in [-0.4, -0.2) is 30.9 Å². The van der Waals surface area contributed by atoms with E-state index in [2.05, 4.69) is 0 Å². The molecule has 0 saturated carbocycles. The Morgan fingerprint density at radius 1 is 1.17 bits per heavy atom. The molecule has 18 heavy (non-hydrogen) atoms. The largest absolute Gasteiger partial charge is 0.497 e. The molecule has 5 heteroatoms. The molecule has 1 aromatic carbocycles. The van der Waals surface area contributed by atoms with Crippen LogP contribution >= 0.6 is 0 Å². The molecule has 0 aliphatic carbocycles. The van der Waals surface area contributed by atoms with Gasteiger partial charge in [-0.2, -0.15) is 0 Å². The summed E-state index contributed by atoms with van der Waals surface area (Å²) in [5, 5.41) is 9.96. The molecule has 1 aromatic rings. The van der Waals surface area contributed by atoms with Crippen LogP contribution in [0, 0.1) is 5.82 Å². The van der Waals surface area contributed by atoms with Gasteiger partial charge in [0, 0.05) is 6.07 Å². The summed E-state index contributed by atoms with van der Waals surface area (Å²) in [7, 11) is 1.70. The summed E-state index contributed by atoms with van der Waals surface area (Å²) in [6, 6.07) is 4.41. The van der Waals surface area contributed by atoms with Gasteiger partial charge in [-0.1, -0.05) is 0 Å². The zero-order chi connectivity index (χ0) is 14.0. The highest BCUT2D eigenvalue weighted by Crippen LogP contribution is 2.24. The third kappa shape index (κ3) is 3.72. The SMILES string of the molecule is COc1cc(F)cc(BOC(C)(C)C(C)(C)O)c1. The van der Waals surface area contributed by atoms with Crippen molar-refractivity contribution in [3.05, 3.63) is 24.0 Å². The van der Waals surface area contributed by atoms with E-state index >= 15 is 0 Å². The van der Waals surface area contributed by atoms with E-state index in [0.29, 0.717) is 11.2 Å². The normalized spacial score (nSPS) is 12.4. The number of aliphatic hydroxyl groups is 1. The summed E-state index contributed by atoms with van der Waals surface area (Å²) in [5.41, 5.74) is -1.04. The third-order valence-corrected chi connectivity index (χ3v) is 3.24. The monoisotopic (exact) mass is 254 g/mol. The Morgan fingerprint density at radius 2 is 1.78 bits per heavy atom. The van der Waals surface area contributed by atoms with Crippen LogP contribution in [-0.2, 0) is 4.65 Å². The Balaban J connectivity index is 2.78. The minimum Gasteiger partial charge on any atom is -0.497 e. The van der Waals surface area contributed by atoms with Crippen LogP contribution in [0.1, 0.15) is 27.7 Å². The van der Waals surface area contributed by atoms with E-state index in [-0.39, 0.29) is 13.3 Å². The first-order valence-electron chi connectivity index (χ1n) is 5.85. The third-order valence-electron chi connectivity index (χ3n) is 3.24. The highest BCUT2D eigenvalue weighted by atomic mass is 19.1. The van der Waals surface area contributed by atoms with Gasteiger partial charge in [0.2, 0.25) is 0 Å². The highest BCUT2D eigenvalue weighted by Gasteiger charge is 2.35. The molecule has 100 valence electrons. The molecule has 0 saturated heterocycles. The van der Waals surface area contributed by atoms with E-state index < -0.39 is 11.2 Å². The second-order valence-electron chi connectivity index (χ2n) is 5.36. The van der Waals surface area contributed by atoms with Crippen molar-refractivity contribution in [3.8, 4) is 5.75 Å². The molecular formula is C13H20BFO3. The smallest absolute Gasteiger partial charge is 0.309 e. The van der Waals surface area contributed by atoms with Gasteiger partial charge in [0.15, 0.2) is 0 Å². The molecule has 0 amide bonds. The number of methoxy groups -OCH3 is 1. The molecule has 1 N–H and O–H groups in total. The van der Waals surface area contributed by atoms with Gasteiger partial charge in [0.25, 0.3) is 0 Å². The average molecular weight is 254 g/mol. The second-order valence-corrected chi connectivity index (χ2v) is 5.36. The Bertz CT molecular complexity index is 413. The van der Waals surface area contributed by atoms with Gasteiger partial charge < -0.3 is 14.5 Å². The van der Waals surface area contributed by atoms with Crippen molar-refractivity contribution in [2.75, 3.05) is 7.11 Å². The maximum Gasteiger partial charge on any atom is 0.309 e. The number of benzene rings is 1. The predicted octanol–water partition coefficient (Wildman–Crippen LogP) is 1.38. The summed E-state index contributed by atoms with van der Waals surface area (Å²) >= 11 is 0. The lowest BCUT2D eigenvalue weighted by atomic mass is 9.82. The first-order chi connectivity index (χ1) is 8.15. The molecule has 0 radical (unpaired) electrons. The summed E-state index contributed by atoms with van der Waals surface area (Å²) < 4.78 is 23.9. The van der Waals surface area contributed by atoms with Crippen LogP contribution < -0.4 is 10.2 Å². The summed E-state index contributed by atoms with van der Waals surface area (Å²) in [6.45, 7) is 6.95. The first-order valence-corrected chi connectivity index (χ1v) is 5.85. The van der Waals surface area contributed by atoms with Crippen LogP contribution in [0.15, 0.2) is 18.2 Å². The fourth-order valence-corrected chi connectivity index (χ4v) is 1.26. The van der Waals surface area contributed by atoms with Crippen LogP contribution in [0.25, 0.3) is 0 Å². The number of ether oxygens (including phenoxy) is 1. The van der Waals surface area contributed by atoms with Crippen molar-refractivity contribution in [3.63, 3.8) is 0 Å². The van der Waals surface area contributed by atoms with E-state index in [0.717, 1.165) is 0 Å². The maximum absolute atomic E-state index is 13.3. The zero-order valence-corrected chi connectivity index (χ0v) is 11.6. The van der Waals surface area contributed by atoms with Gasteiger partial charge in [0.05, 0.1) is 18.3 Å². The lowest BCUT2D eigenvalue weighted by molar-refractivity contribution is -0.0893. The number of hydrogen-bond acceptors (Lipinski definition) is 3. The molecule has 0 aliphatic rings. The van der Waals surface area contributed by atoms with Gasteiger partial charge in [-0.3, -0.25) is 0 Å². The van der Waals surface area contributed by atoms with Crippen molar-refractivity contribution < 1.29 is 18.9 Å². The van der Waals surface area contributed by atoms with Crippen LogP contribution in [0.4, 0.5) is 4.39 Å². The highest BCUT2D eigenvalue weighted by molar-refractivity contribution is 6.47. The molecular weight excluding hydrogens is 234 g/mol. The number of halogens is 1. The van der Waals surface area contributed by atoms with Crippen molar-refractivity contribution in [2.45, 2.75) is 38.9 Å². The van der Waals surface area contributed by atoms with Gasteiger partial charge in [-0.05, 0) is 45.3 Å². The van der Waals surface area contributed by atoms with Gasteiger partial charge in [0.1, 0.15) is 11.6 Å². The molecule has 0 heterocycles. The Hall–Kier alpha value is -1.07. The lowest BCUT2D eigenvalue weighted by Crippen LogP contribution is -2.49. The van der Waals surface area contributed by atoms with E-state index in [4.69, 9.17) is 9.39 Å². The summed E-state index contributed by atoms with van der Waals surface area (Å²) in [5.74, 6) is 0.0867. The Kier molecular flexibility index (Phi) is 4.40. The standard InChI is InChI=1S/C13H20BFO3/c1-12(2,16)13(3,4)18-14-9-6-10(15)8-11(7-9)17-5/h6-8,14,16H,1-5H3. The molecule has 0 aromatic heterocycles. The van der Waals surface area contributed by atoms with E-state index in [9.17, 15) is 9.50 Å². The maximum atomic E-state index is 13.3. The van der Waals surface area contributed by atoms with Crippen molar-refractivity contribution in [2.24, 2.45) is 0 Å². The van der Waals surface area contributed by atoms with Crippen molar-refractivity contribution >= 4 is 12.9 Å². The molecule has 0 spiro atoms. The predicted molar refractivity (Wildman–Crippen MR) is 71.2 cm³/mol. The van der Waals surface area contributed by atoms with E-state index in [1.165, 1.54) is 19.2 Å². The topological polar surface area (TPSA) is 38.7 Å². The van der Waals surface area contributed by atoms with Crippen LogP contribution in [0.2, 0.25) is 0 Å². The fraction of sp³-hybridized carbons (Fsp3) is 0.538. The molecule has 0 fully saturated rings.